The first-order valence-electron chi connectivity index (χ1n) is 6.14. The van der Waals surface area contributed by atoms with Gasteiger partial charge in [-0.3, -0.25) is 4.90 Å². The molecule has 2 unspecified atom stereocenters. The highest BCUT2D eigenvalue weighted by molar-refractivity contribution is 6.29. The maximum Gasteiger partial charge on any atom is 0.128 e. The normalized spacial score (nSPS) is 26.4. The third-order valence-corrected chi connectivity index (χ3v) is 4.14. The Bertz CT molecular complexity index is 380. The minimum Gasteiger partial charge on any atom is -0.395 e. The first kappa shape index (κ1) is 12.9. The molecule has 2 rings (SSSR count). The van der Waals surface area contributed by atoms with Crippen molar-refractivity contribution in [2.24, 2.45) is 13.0 Å². The molecule has 0 aliphatic carbocycles. The molecule has 1 fully saturated rings. The molecule has 0 radical (unpaired) electrons. The van der Waals surface area contributed by atoms with E-state index >= 15 is 0 Å². The molecular weight excluding hydrogens is 238 g/mol. The van der Waals surface area contributed by atoms with Gasteiger partial charge in [-0.05, 0) is 25.3 Å². The number of aromatic nitrogens is 2. The van der Waals surface area contributed by atoms with Crippen LogP contribution in [0.5, 0.6) is 0 Å². The summed E-state index contributed by atoms with van der Waals surface area (Å²) in [6.07, 6.45) is 4.07. The average Bonchev–Trinajstić information content (AvgIpc) is 2.61. The Morgan fingerprint density at radius 2 is 2.35 bits per heavy atom. The summed E-state index contributed by atoms with van der Waals surface area (Å²) in [4.78, 5) is 6.62. The first-order chi connectivity index (χ1) is 8.13. The van der Waals surface area contributed by atoms with Crippen LogP contribution in [0.15, 0.2) is 6.20 Å². The maximum atomic E-state index is 9.49. The highest BCUT2D eigenvalue weighted by Gasteiger charge is 2.28. The zero-order valence-electron chi connectivity index (χ0n) is 10.4. The van der Waals surface area contributed by atoms with Gasteiger partial charge in [0, 0.05) is 13.1 Å². The van der Waals surface area contributed by atoms with Gasteiger partial charge in [0.05, 0.1) is 19.3 Å². The Labute approximate surface area is 107 Å². The second-order valence-electron chi connectivity index (χ2n) is 4.90. The van der Waals surface area contributed by atoms with Gasteiger partial charge >= 0.3 is 0 Å². The molecule has 4 nitrogen and oxygen atoms in total. The lowest BCUT2D eigenvalue weighted by Crippen LogP contribution is -2.46. The minimum atomic E-state index is 0.222. The van der Waals surface area contributed by atoms with Gasteiger partial charge in [-0.2, -0.15) is 0 Å². The monoisotopic (exact) mass is 257 g/mol. The zero-order chi connectivity index (χ0) is 12.4. The van der Waals surface area contributed by atoms with Crippen molar-refractivity contribution in [2.45, 2.75) is 32.4 Å². The van der Waals surface area contributed by atoms with Crippen LogP contribution in [0.2, 0.25) is 5.15 Å². The van der Waals surface area contributed by atoms with E-state index in [1.807, 2.05) is 11.6 Å². The minimum absolute atomic E-state index is 0.222. The molecule has 2 atom stereocenters. The summed E-state index contributed by atoms with van der Waals surface area (Å²) in [5, 5.41) is 10.1. The number of nitrogens with zero attached hydrogens (tertiary/aromatic N) is 3. The van der Waals surface area contributed by atoms with Gasteiger partial charge in [0.2, 0.25) is 0 Å². The smallest absolute Gasteiger partial charge is 0.128 e. The molecule has 1 saturated heterocycles. The number of aliphatic hydroxyl groups is 1. The average molecular weight is 258 g/mol. The Morgan fingerprint density at radius 1 is 1.59 bits per heavy atom. The topological polar surface area (TPSA) is 41.3 Å². The predicted molar refractivity (Wildman–Crippen MR) is 67.9 cm³/mol. The number of rotatable bonds is 3. The van der Waals surface area contributed by atoms with Gasteiger partial charge in [-0.1, -0.05) is 18.5 Å². The van der Waals surface area contributed by atoms with Gasteiger partial charge in [0.15, 0.2) is 0 Å². The quantitative estimate of drug-likeness (QED) is 0.896. The number of piperidine rings is 1. The van der Waals surface area contributed by atoms with Crippen LogP contribution < -0.4 is 0 Å². The third kappa shape index (κ3) is 2.64. The van der Waals surface area contributed by atoms with E-state index in [-0.39, 0.29) is 12.6 Å². The Kier molecular flexibility index (Phi) is 4.07. The molecule has 0 amide bonds. The lowest BCUT2D eigenvalue weighted by Gasteiger charge is -2.38. The number of hydrogen-bond acceptors (Lipinski definition) is 3. The van der Waals surface area contributed by atoms with Gasteiger partial charge in [0.25, 0.3) is 0 Å². The molecular formula is C12H20ClN3O. The van der Waals surface area contributed by atoms with Crippen molar-refractivity contribution in [3.05, 3.63) is 17.2 Å². The van der Waals surface area contributed by atoms with E-state index in [1.54, 1.807) is 6.20 Å². The van der Waals surface area contributed by atoms with E-state index in [0.717, 1.165) is 18.9 Å². The first-order valence-corrected chi connectivity index (χ1v) is 6.52. The molecule has 0 spiro atoms. The van der Waals surface area contributed by atoms with Crippen molar-refractivity contribution in [3.8, 4) is 0 Å². The molecule has 96 valence electrons. The molecule has 2 heterocycles. The van der Waals surface area contributed by atoms with Crippen LogP contribution in [0.25, 0.3) is 0 Å². The molecule has 1 N–H and O–H groups in total. The fourth-order valence-corrected chi connectivity index (χ4v) is 2.73. The molecule has 5 heteroatoms. The van der Waals surface area contributed by atoms with Crippen LogP contribution in [0.3, 0.4) is 0 Å². The second kappa shape index (κ2) is 5.38. The van der Waals surface area contributed by atoms with E-state index in [2.05, 4.69) is 16.8 Å². The van der Waals surface area contributed by atoms with Crippen molar-refractivity contribution < 1.29 is 5.11 Å². The molecule has 1 aromatic heterocycles. The van der Waals surface area contributed by atoms with E-state index in [0.29, 0.717) is 11.1 Å². The fourth-order valence-electron chi connectivity index (χ4n) is 2.58. The predicted octanol–water partition coefficient (Wildman–Crippen LogP) is 1.67. The van der Waals surface area contributed by atoms with E-state index in [9.17, 15) is 5.11 Å². The Hall–Kier alpha value is -0.580. The van der Waals surface area contributed by atoms with E-state index in [1.165, 1.54) is 12.8 Å². The lowest BCUT2D eigenvalue weighted by molar-refractivity contribution is 0.0449. The van der Waals surface area contributed by atoms with Crippen LogP contribution in [0, 0.1) is 5.92 Å². The van der Waals surface area contributed by atoms with Gasteiger partial charge in [0.1, 0.15) is 11.0 Å². The highest BCUT2D eigenvalue weighted by atomic mass is 35.5. The summed E-state index contributed by atoms with van der Waals surface area (Å²) in [7, 11) is 1.92. The van der Waals surface area contributed by atoms with Crippen LogP contribution in [-0.2, 0) is 13.6 Å². The van der Waals surface area contributed by atoms with Crippen molar-refractivity contribution in [1.29, 1.82) is 0 Å². The second-order valence-corrected chi connectivity index (χ2v) is 5.28. The van der Waals surface area contributed by atoms with Crippen LogP contribution >= 0.6 is 11.6 Å². The molecule has 0 bridgehead atoms. The van der Waals surface area contributed by atoms with Crippen LogP contribution in [0.4, 0.5) is 0 Å². The standard InChI is InChI=1S/C12H20ClN3O/c1-9-4-3-5-16(10(9)8-17)7-12-14-6-11(13)15(12)2/h6,9-10,17H,3-5,7-8H2,1-2H3. The summed E-state index contributed by atoms with van der Waals surface area (Å²) in [5.41, 5.74) is 0. The molecule has 1 aliphatic rings. The summed E-state index contributed by atoms with van der Waals surface area (Å²) in [6.45, 7) is 4.22. The van der Waals surface area contributed by atoms with Gasteiger partial charge in [-0.15, -0.1) is 0 Å². The maximum absolute atomic E-state index is 9.49. The Balaban J connectivity index is 2.09. The number of imidazole rings is 1. The number of hydrogen-bond donors (Lipinski definition) is 1. The number of likely N-dealkylation sites (tertiary alicyclic amines) is 1. The van der Waals surface area contributed by atoms with E-state index < -0.39 is 0 Å². The number of aliphatic hydroxyl groups excluding tert-OH is 1. The highest BCUT2D eigenvalue weighted by Crippen LogP contribution is 2.24. The lowest BCUT2D eigenvalue weighted by atomic mass is 9.91. The van der Waals surface area contributed by atoms with Gasteiger partial charge < -0.3 is 9.67 Å². The Morgan fingerprint density at radius 3 is 2.94 bits per heavy atom. The summed E-state index contributed by atoms with van der Waals surface area (Å²) < 4.78 is 1.90. The van der Waals surface area contributed by atoms with Gasteiger partial charge in [-0.25, -0.2) is 4.98 Å². The van der Waals surface area contributed by atoms with Crippen molar-refractivity contribution in [3.63, 3.8) is 0 Å². The molecule has 1 aliphatic heterocycles. The molecule has 17 heavy (non-hydrogen) atoms. The van der Waals surface area contributed by atoms with Crippen LogP contribution in [0.1, 0.15) is 25.6 Å². The molecule has 1 aromatic rings. The van der Waals surface area contributed by atoms with Crippen molar-refractivity contribution in [2.75, 3.05) is 13.2 Å². The summed E-state index contributed by atoms with van der Waals surface area (Å²) in [5.74, 6) is 1.51. The van der Waals surface area contributed by atoms with Crippen molar-refractivity contribution >= 4 is 11.6 Å². The largest absolute Gasteiger partial charge is 0.395 e. The van der Waals surface area contributed by atoms with Crippen LogP contribution in [-0.4, -0.2) is 38.8 Å². The fraction of sp³-hybridized carbons (Fsp3) is 0.750. The third-order valence-electron chi connectivity index (χ3n) is 3.79. The zero-order valence-corrected chi connectivity index (χ0v) is 11.2. The summed E-state index contributed by atoms with van der Waals surface area (Å²) >= 11 is 5.98. The molecule has 0 saturated carbocycles. The number of halogens is 1. The van der Waals surface area contributed by atoms with E-state index in [4.69, 9.17) is 11.6 Å². The molecule has 0 aromatic carbocycles. The van der Waals surface area contributed by atoms with Crippen molar-refractivity contribution in [1.82, 2.24) is 14.5 Å². The summed E-state index contributed by atoms with van der Waals surface area (Å²) in [6, 6.07) is 0.249. The SMILES string of the molecule is CC1CCCN(Cc2ncc(Cl)n2C)C1CO.